The Labute approximate surface area is 118 Å². The molecule has 1 saturated heterocycles. The fraction of sp³-hybridized carbons (Fsp3) is 0.769. The summed E-state index contributed by atoms with van der Waals surface area (Å²) in [5.74, 6) is -1.95. The number of amides is 2. The van der Waals surface area contributed by atoms with Crippen LogP contribution in [-0.2, 0) is 14.4 Å². The van der Waals surface area contributed by atoms with Gasteiger partial charge in [-0.25, -0.2) is 4.79 Å². The molecular formula is C13H23N3O4. The lowest BCUT2D eigenvalue weighted by Gasteiger charge is -2.36. The quantitative estimate of drug-likeness (QED) is 0.507. The number of nitrogens with two attached hydrogens (primary N) is 1. The summed E-state index contributed by atoms with van der Waals surface area (Å²) in [6.07, 6.45) is 2.02. The van der Waals surface area contributed by atoms with Gasteiger partial charge in [0.05, 0.1) is 5.41 Å². The highest BCUT2D eigenvalue weighted by molar-refractivity contribution is 5.88. The molecule has 1 heterocycles. The van der Waals surface area contributed by atoms with E-state index < -0.39 is 23.3 Å². The van der Waals surface area contributed by atoms with Crippen LogP contribution in [0.15, 0.2) is 0 Å². The standard InChI is InChI=1S/C13H23N3O4/c1-2-13(5-7-15-8-6-13)12(20)16-9(11(18)19)3-4-10(14)17/h9,15H,2-8H2,1H3,(H2,14,17)(H,16,20)(H,18,19)/t9-/m1/s1. The lowest BCUT2D eigenvalue weighted by atomic mass is 9.75. The first kappa shape index (κ1) is 16.4. The lowest BCUT2D eigenvalue weighted by Crippen LogP contribution is -2.52. The summed E-state index contributed by atoms with van der Waals surface area (Å²) in [7, 11) is 0. The largest absolute Gasteiger partial charge is 0.480 e. The summed E-state index contributed by atoms with van der Waals surface area (Å²) in [6, 6.07) is -1.06. The van der Waals surface area contributed by atoms with Crippen LogP contribution < -0.4 is 16.4 Å². The number of carboxylic acids is 1. The van der Waals surface area contributed by atoms with E-state index in [9.17, 15) is 14.4 Å². The van der Waals surface area contributed by atoms with Gasteiger partial charge in [-0.2, -0.15) is 0 Å². The van der Waals surface area contributed by atoms with Crippen LogP contribution in [-0.4, -0.2) is 42.0 Å². The van der Waals surface area contributed by atoms with Crippen molar-refractivity contribution in [3.05, 3.63) is 0 Å². The van der Waals surface area contributed by atoms with Gasteiger partial charge < -0.3 is 21.5 Å². The number of carboxylic acid groups (broad SMARTS) is 1. The number of rotatable bonds is 7. The average Bonchev–Trinajstić information content (AvgIpc) is 2.43. The van der Waals surface area contributed by atoms with Crippen LogP contribution >= 0.6 is 0 Å². The van der Waals surface area contributed by atoms with E-state index in [2.05, 4.69) is 10.6 Å². The number of primary amides is 1. The van der Waals surface area contributed by atoms with Gasteiger partial charge in [0.25, 0.3) is 0 Å². The van der Waals surface area contributed by atoms with E-state index in [1.54, 1.807) is 0 Å². The van der Waals surface area contributed by atoms with Crippen LogP contribution in [0.3, 0.4) is 0 Å². The maximum Gasteiger partial charge on any atom is 0.326 e. The molecule has 1 atom stereocenters. The van der Waals surface area contributed by atoms with E-state index in [4.69, 9.17) is 10.8 Å². The fourth-order valence-electron chi connectivity index (χ4n) is 2.50. The molecular weight excluding hydrogens is 262 g/mol. The maximum atomic E-state index is 12.4. The van der Waals surface area contributed by atoms with Crippen molar-refractivity contribution in [3.8, 4) is 0 Å². The first-order valence-electron chi connectivity index (χ1n) is 6.94. The number of hydrogen-bond acceptors (Lipinski definition) is 4. The minimum Gasteiger partial charge on any atom is -0.480 e. The van der Waals surface area contributed by atoms with Gasteiger partial charge in [0.2, 0.25) is 11.8 Å². The van der Waals surface area contributed by atoms with Crippen LogP contribution in [0.1, 0.15) is 39.0 Å². The summed E-state index contributed by atoms with van der Waals surface area (Å²) in [5, 5.41) is 14.9. The second-order valence-corrected chi connectivity index (χ2v) is 5.25. The highest BCUT2D eigenvalue weighted by Crippen LogP contribution is 2.32. The van der Waals surface area contributed by atoms with Crippen molar-refractivity contribution in [1.82, 2.24) is 10.6 Å². The van der Waals surface area contributed by atoms with E-state index >= 15 is 0 Å². The molecule has 7 heteroatoms. The normalized spacial score (nSPS) is 19.1. The molecule has 1 fully saturated rings. The van der Waals surface area contributed by atoms with E-state index in [1.807, 2.05) is 6.92 Å². The summed E-state index contributed by atoms with van der Waals surface area (Å²) >= 11 is 0. The third-order valence-electron chi connectivity index (χ3n) is 4.00. The van der Waals surface area contributed by atoms with Crippen molar-refractivity contribution in [2.24, 2.45) is 11.1 Å². The van der Waals surface area contributed by atoms with Crippen molar-refractivity contribution >= 4 is 17.8 Å². The molecule has 0 aromatic rings. The van der Waals surface area contributed by atoms with Crippen molar-refractivity contribution in [1.29, 1.82) is 0 Å². The fourth-order valence-corrected chi connectivity index (χ4v) is 2.50. The molecule has 0 bridgehead atoms. The molecule has 114 valence electrons. The smallest absolute Gasteiger partial charge is 0.326 e. The van der Waals surface area contributed by atoms with Gasteiger partial charge in [-0.15, -0.1) is 0 Å². The summed E-state index contributed by atoms with van der Waals surface area (Å²) in [4.78, 5) is 34.3. The van der Waals surface area contributed by atoms with Crippen molar-refractivity contribution in [2.75, 3.05) is 13.1 Å². The van der Waals surface area contributed by atoms with Gasteiger partial charge in [0.15, 0.2) is 0 Å². The molecule has 1 aliphatic heterocycles. The van der Waals surface area contributed by atoms with Crippen LogP contribution in [0.2, 0.25) is 0 Å². The molecule has 1 aliphatic rings. The molecule has 5 N–H and O–H groups in total. The Bertz CT molecular complexity index is 378. The first-order valence-corrected chi connectivity index (χ1v) is 6.94. The minimum atomic E-state index is -1.14. The Morgan fingerprint density at radius 3 is 2.40 bits per heavy atom. The number of nitrogens with one attached hydrogen (secondary N) is 2. The van der Waals surface area contributed by atoms with Gasteiger partial charge in [0.1, 0.15) is 6.04 Å². The monoisotopic (exact) mass is 285 g/mol. The molecule has 20 heavy (non-hydrogen) atoms. The predicted molar refractivity (Wildman–Crippen MR) is 72.8 cm³/mol. The summed E-state index contributed by atoms with van der Waals surface area (Å²) < 4.78 is 0. The van der Waals surface area contributed by atoms with Crippen LogP contribution in [0.4, 0.5) is 0 Å². The molecule has 0 saturated carbocycles. The van der Waals surface area contributed by atoms with E-state index in [0.717, 1.165) is 13.1 Å². The summed E-state index contributed by atoms with van der Waals surface area (Å²) in [6.45, 7) is 3.44. The number of carbonyl (C=O) groups is 3. The molecule has 0 unspecified atom stereocenters. The molecule has 2 amide bonds. The van der Waals surface area contributed by atoms with Crippen molar-refractivity contribution in [3.63, 3.8) is 0 Å². The third kappa shape index (κ3) is 4.19. The Hall–Kier alpha value is -1.63. The molecule has 7 nitrogen and oxygen atoms in total. The first-order chi connectivity index (χ1) is 9.41. The SMILES string of the molecule is CCC1(C(=O)N[C@H](CCC(N)=O)C(=O)O)CCNCC1. The minimum absolute atomic E-state index is 0.0223. The van der Waals surface area contributed by atoms with Gasteiger partial charge in [0, 0.05) is 6.42 Å². The van der Waals surface area contributed by atoms with Crippen LogP contribution in [0, 0.1) is 5.41 Å². The molecule has 0 spiro atoms. The van der Waals surface area contributed by atoms with Crippen LogP contribution in [0.25, 0.3) is 0 Å². The predicted octanol–water partition coefficient (Wildman–Crippen LogP) is -0.399. The Morgan fingerprint density at radius 1 is 1.35 bits per heavy atom. The zero-order chi connectivity index (χ0) is 15.2. The molecule has 0 aromatic carbocycles. The van der Waals surface area contributed by atoms with E-state index in [-0.39, 0.29) is 18.7 Å². The molecule has 0 radical (unpaired) electrons. The van der Waals surface area contributed by atoms with Crippen molar-refractivity contribution in [2.45, 2.75) is 45.1 Å². The third-order valence-corrected chi connectivity index (χ3v) is 4.00. The highest BCUT2D eigenvalue weighted by atomic mass is 16.4. The summed E-state index contributed by atoms with van der Waals surface area (Å²) in [5.41, 5.74) is 4.51. The number of piperidine rings is 1. The Kier molecular flexibility index (Phi) is 5.94. The number of carbonyl (C=O) groups excluding carboxylic acids is 2. The number of hydrogen-bond donors (Lipinski definition) is 4. The van der Waals surface area contributed by atoms with E-state index in [1.165, 1.54) is 0 Å². The van der Waals surface area contributed by atoms with Crippen LogP contribution in [0.5, 0.6) is 0 Å². The zero-order valence-corrected chi connectivity index (χ0v) is 11.8. The molecule has 1 rings (SSSR count). The lowest BCUT2D eigenvalue weighted by molar-refractivity contribution is -0.145. The highest BCUT2D eigenvalue weighted by Gasteiger charge is 2.39. The van der Waals surface area contributed by atoms with E-state index in [0.29, 0.717) is 19.3 Å². The zero-order valence-electron chi connectivity index (χ0n) is 11.8. The van der Waals surface area contributed by atoms with Gasteiger partial charge in [-0.1, -0.05) is 6.92 Å². The number of aliphatic carboxylic acids is 1. The molecule has 0 aliphatic carbocycles. The molecule has 0 aromatic heterocycles. The average molecular weight is 285 g/mol. The topological polar surface area (TPSA) is 122 Å². The second kappa shape index (κ2) is 7.23. The van der Waals surface area contributed by atoms with Crippen molar-refractivity contribution < 1.29 is 19.5 Å². The van der Waals surface area contributed by atoms with Gasteiger partial charge in [-0.05, 0) is 38.8 Å². The Morgan fingerprint density at radius 2 is 1.95 bits per heavy atom. The maximum absolute atomic E-state index is 12.4. The van der Waals surface area contributed by atoms with Gasteiger partial charge in [-0.3, -0.25) is 9.59 Å². The second-order valence-electron chi connectivity index (χ2n) is 5.25. The Balaban J connectivity index is 2.68. The van der Waals surface area contributed by atoms with Gasteiger partial charge >= 0.3 is 5.97 Å².